The minimum atomic E-state index is -0.158. The summed E-state index contributed by atoms with van der Waals surface area (Å²) in [6, 6.07) is 5.65. The van der Waals surface area contributed by atoms with Gasteiger partial charge in [0.05, 0.1) is 0 Å². The summed E-state index contributed by atoms with van der Waals surface area (Å²) < 4.78 is 0. The van der Waals surface area contributed by atoms with Crippen molar-refractivity contribution in [3.8, 4) is 0 Å². The Morgan fingerprint density at radius 1 is 1.45 bits per heavy atom. The van der Waals surface area contributed by atoms with Crippen LogP contribution in [0.25, 0.3) is 6.08 Å². The number of amides is 1. The van der Waals surface area contributed by atoms with E-state index in [0.717, 1.165) is 11.1 Å². The van der Waals surface area contributed by atoms with Crippen LogP contribution in [-0.4, -0.2) is 23.7 Å². The van der Waals surface area contributed by atoms with E-state index in [9.17, 15) is 4.79 Å². The molecule has 0 aliphatic carbocycles. The smallest absolute Gasteiger partial charge is 0.244 e. The molecule has 1 rings (SSSR count). The fraction of sp³-hybridized carbons (Fsp3) is 0.438. The van der Waals surface area contributed by atoms with E-state index in [0.29, 0.717) is 11.4 Å². The lowest BCUT2D eigenvalue weighted by molar-refractivity contribution is -0.117. The molecule has 0 spiro atoms. The van der Waals surface area contributed by atoms with Crippen LogP contribution in [0, 0.1) is 12.8 Å². The third-order valence-corrected chi connectivity index (χ3v) is 3.60. The number of aliphatic hydroxyl groups excluding tert-OH is 1. The molecule has 0 aromatic heterocycles. The summed E-state index contributed by atoms with van der Waals surface area (Å²) in [4.78, 5) is 11.8. The minimum absolute atomic E-state index is 0.0150. The molecule has 0 heterocycles. The monoisotopic (exact) mass is 295 g/mol. The van der Waals surface area contributed by atoms with E-state index in [2.05, 4.69) is 5.32 Å². The van der Waals surface area contributed by atoms with Gasteiger partial charge in [-0.15, -0.1) is 0 Å². The summed E-state index contributed by atoms with van der Waals surface area (Å²) >= 11 is 6.03. The Balaban J connectivity index is 2.64. The van der Waals surface area contributed by atoms with Crippen LogP contribution in [0.15, 0.2) is 24.3 Å². The number of benzene rings is 1. The number of halogens is 1. The van der Waals surface area contributed by atoms with Gasteiger partial charge in [0.25, 0.3) is 0 Å². The van der Waals surface area contributed by atoms with E-state index in [1.165, 1.54) is 6.08 Å². The van der Waals surface area contributed by atoms with Gasteiger partial charge in [0.15, 0.2) is 0 Å². The standard InChI is InChI=1S/C16H22ClNO2/c1-11(2)15(8-9-19)18-16(20)7-6-13-5-4-12(3)14(17)10-13/h4-7,10-11,15,19H,8-9H2,1-3H3,(H,18,20)/b7-6+. The number of aliphatic hydroxyl groups is 1. The number of hydrogen-bond donors (Lipinski definition) is 2. The Kier molecular flexibility index (Phi) is 6.76. The average molecular weight is 296 g/mol. The van der Waals surface area contributed by atoms with Crippen molar-refractivity contribution >= 4 is 23.6 Å². The third kappa shape index (κ3) is 5.35. The molecule has 1 atom stereocenters. The van der Waals surface area contributed by atoms with Crippen LogP contribution in [0.2, 0.25) is 5.02 Å². The second-order valence-corrected chi connectivity index (χ2v) is 5.62. The molecule has 20 heavy (non-hydrogen) atoms. The summed E-state index contributed by atoms with van der Waals surface area (Å²) in [5, 5.41) is 12.6. The molecular formula is C16H22ClNO2. The van der Waals surface area contributed by atoms with E-state index in [-0.39, 0.29) is 24.5 Å². The first-order valence-corrected chi connectivity index (χ1v) is 7.17. The molecule has 1 aromatic rings. The zero-order chi connectivity index (χ0) is 15.1. The normalized spacial score (nSPS) is 12.9. The first-order valence-electron chi connectivity index (χ1n) is 6.79. The SMILES string of the molecule is Cc1ccc(/C=C/C(=O)NC(CCO)C(C)C)cc1Cl. The first-order chi connectivity index (χ1) is 9.43. The number of aryl methyl sites for hydroxylation is 1. The molecule has 2 N–H and O–H groups in total. The molecule has 0 aliphatic heterocycles. The van der Waals surface area contributed by atoms with Crippen molar-refractivity contribution in [2.75, 3.05) is 6.61 Å². The van der Waals surface area contributed by atoms with Gasteiger partial charge in [-0.3, -0.25) is 4.79 Å². The van der Waals surface area contributed by atoms with Crippen LogP contribution in [0.3, 0.4) is 0 Å². The number of nitrogens with one attached hydrogen (secondary N) is 1. The van der Waals surface area contributed by atoms with Gasteiger partial charge in [0.2, 0.25) is 5.91 Å². The summed E-state index contributed by atoms with van der Waals surface area (Å²) in [6.07, 6.45) is 3.79. The number of carbonyl (C=O) groups is 1. The molecule has 1 unspecified atom stereocenters. The second-order valence-electron chi connectivity index (χ2n) is 5.21. The van der Waals surface area contributed by atoms with Crippen molar-refractivity contribution in [3.05, 3.63) is 40.4 Å². The Bertz CT molecular complexity index is 483. The zero-order valence-corrected chi connectivity index (χ0v) is 12.9. The van der Waals surface area contributed by atoms with E-state index in [4.69, 9.17) is 16.7 Å². The third-order valence-electron chi connectivity index (χ3n) is 3.20. The molecule has 0 bridgehead atoms. The average Bonchev–Trinajstić information content (AvgIpc) is 2.39. The maximum atomic E-state index is 11.8. The van der Waals surface area contributed by atoms with Crippen LogP contribution in [0.1, 0.15) is 31.4 Å². The van der Waals surface area contributed by atoms with Gasteiger partial charge in [0, 0.05) is 23.7 Å². The van der Waals surface area contributed by atoms with Crippen LogP contribution >= 0.6 is 11.6 Å². The van der Waals surface area contributed by atoms with Crippen molar-refractivity contribution in [2.45, 2.75) is 33.2 Å². The van der Waals surface area contributed by atoms with Crippen LogP contribution < -0.4 is 5.32 Å². The lowest BCUT2D eigenvalue weighted by Gasteiger charge is -2.20. The molecule has 0 saturated heterocycles. The van der Waals surface area contributed by atoms with Gasteiger partial charge in [-0.1, -0.05) is 37.6 Å². The van der Waals surface area contributed by atoms with Crippen LogP contribution in [0.5, 0.6) is 0 Å². The molecular weight excluding hydrogens is 274 g/mol. The first kappa shape index (κ1) is 16.7. The summed E-state index contributed by atoms with van der Waals surface area (Å²) in [6.45, 7) is 6.04. The molecule has 0 saturated carbocycles. The van der Waals surface area contributed by atoms with Crippen LogP contribution in [0.4, 0.5) is 0 Å². The van der Waals surface area contributed by atoms with Crippen molar-refractivity contribution in [1.29, 1.82) is 0 Å². The number of rotatable bonds is 6. The zero-order valence-electron chi connectivity index (χ0n) is 12.2. The van der Waals surface area contributed by atoms with Gasteiger partial charge in [-0.2, -0.15) is 0 Å². The van der Waals surface area contributed by atoms with Crippen molar-refractivity contribution < 1.29 is 9.90 Å². The predicted molar refractivity (Wildman–Crippen MR) is 83.7 cm³/mol. The molecule has 1 amide bonds. The van der Waals surface area contributed by atoms with Crippen molar-refractivity contribution in [1.82, 2.24) is 5.32 Å². The van der Waals surface area contributed by atoms with Crippen molar-refractivity contribution in [3.63, 3.8) is 0 Å². The van der Waals surface area contributed by atoms with Gasteiger partial charge in [-0.05, 0) is 42.5 Å². The highest BCUT2D eigenvalue weighted by molar-refractivity contribution is 6.31. The fourth-order valence-corrected chi connectivity index (χ4v) is 2.02. The Labute approximate surface area is 125 Å². The van der Waals surface area contributed by atoms with Gasteiger partial charge >= 0.3 is 0 Å². The maximum Gasteiger partial charge on any atom is 0.244 e. The number of carbonyl (C=O) groups excluding carboxylic acids is 1. The molecule has 0 fully saturated rings. The summed E-state index contributed by atoms with van der Waals surface area (Å²) in [5.74, 6) is 0.127. The molecule has 0 aliphatic rings. The van der Waals surface area contributed by atoms with E-state index in [1.807, 2.05) is 39.0 Å². The van der Waals surface area contributed by atoms with Gasteiger partial charge in [-0.25, -0.2) is 0 Å². The topological polar surface area (TPSA) is 49.3 Å². The highest BCUT2D eigenvalue weighted by Crippen LogP contribution is 2.17. The highest BCUT2D eigenvalue weighted by atomic mass is 35.5. The molecule has 1 aromatic carbocycles. The van der Waals surface area contributed by atoms with Crippen molar-refractivity contribution in [2.24, 2.45) is 5.92 Å². The Hall–Kier alpha value is -1.32. The maximum absolute atomic E-state index is 11.8. The highest BCUT2D eigenvalue weighted by Gasteiger charge is 2.13. The van der Waals surface area contributed by atoms with E-state index in [1.54, 1.807) is 6.08 Å². The lowest BCUT2D eigenvalue weighted by Crippen LogP contribution is -2.38. The summed E-state index contributed by atoms with van der Waals surface area (Å²) in [7, 11) is 0. The minimum Gasteiger partial charge on any atom is -0.396 e. The number of hydrogen-bond acceptors (Lipinski definition) is 2. The van der Waals surface area contributed by atoms with Crippen LogP contribution in [-0.2, 0) is 4.79 Å². The van der Waals surface area contributed by atoms with E-state index >= 15 is 0 Å². The second kappa shape index (κ2) is 8.08. The lowest BCUT2D eigenvalue weighted by atomic mass is 10.0. The largest absolute Gasteiger partial charge is 0.396 e. The quantitative estimate of drug-likeness (QED) is 0.792. The molecule has 110 valence electrons. The molecule has 3 nitrogen and oxygen atoms in total. The van der Waals surface area contributed by atoms with Gasteiger partial charge in [0.1, 0.15) is 0 Å². The van der Waals surface area contributed by atoms with Gasteiger partial charge < -0.3 is 10.4 Å². The predicted octanol–water partition coefficient (Wildman–Crippen LogP) is 3.18. The summed E-state index contributed by atoms with van der Waals surface area (Å²) in [5.41, 5.74) is 1.90. The molecule has 4 heteroatoms. The fourth-order valence-electron chi connectivity index (χ4n) is 1.83. The Morgan fingerprint density at radius 2 is 2.15 bits per heavy atom. The Morgan fingerprint density at radius 3 is 2.70 bits per heavy atom. The molecule has 0 radical (unpaired) electrons. The van der Waals surface area contributed by atoms with E-state index < -0.39 is 0 Å².